The second kappa shape index (κ2) is 5.23. The maximum absolute atomic E-state index is 13.0. The minimum absolute atomic E-state index is 0. The number of nitrogens with zero attached hydrogens (tertiary/aromatic N) is 1. The fraction of sp³-hybridized carbons (Fsp3) is 0.100. The van der Waals surface area contributed by atoms with Crippen LogP contribution in [-0.4, -0.2) is 12.1 Å². The molecule has 0 atom stereocenters. The molecule has 0 radical (unpaired) electrons. The van der Waals surface area contributed by atoms with Gasteiger partial charge in [0.05, 0.1) is 18.3 Å². The number of halogens is 2. The maximum Gasteiger partial charge on any atom is 0.128 e. The van der Waals surface area contributed by atoms with Gasteiger partial charge in [0.1, 0.15) is 11.6 Å². The number of ether oxygens (including phenoxy) is 1. The van der Waals surface area contributed by atoms with E-state index < -0.39 is 0 Å². The fourth-order valence-corrected chi connectivity index (χ4v) is 1.78. The Balaban J connectivity index is 0.00000112. The average Bonchev–Trinajstić information content (AvgIpc) is 2.70. The fourth-order valence-electron chi connectivity index (χ4n) is 1.23. The van der Waals surface area contributed by atoms with Crippen LogP contribution in [0.5, 0.6) is 5.75 Å². The van der Waals surface area contributed by atoms with Gasteiger partial charge in [-0.05, 0) is 18.2 Å². The van der Waals surface area contributed by atoms with Gasteiger partial charge in [-0.15, -0.1) is 28.3 Å². The lowest BCUT2D eigenvalue weighted by Gasteiger charge is -2.05. The normalized spacial score (nSPS) is 9.47. The van der Waals surface area contributed by atoms with Crippen LogP contribution in [0.4, 0.5) is 4.39 Å². The van der Waals surface area contributed by atoms with Crippen molar-refractivity contribution in [2.45, 2.75) is 0 Å². The molecule has 1 heterocycles. The topological polar surface area (TPSA) is 22.1 Å². The van der Waals surface area contributed by atoms with Crippen molar-refractivity contribution in [3.63, 3.8) is 0 Å². The first-order valence-electron chi connectivity index (χ1n) is 4.03. The van der Waals surface area contributed by atoms with Crippen LogP contribution in [0, 0.1) is 5.82 Å². The molecule has 1 aromatic heterocycles. The van der Waals surface area contributed by atoms with E-state index in [2.05, 4.69) is 4.98 Å². The third kappa shape index (κ3) is 2.54. The highest BCUT2D eigenvalue weighted by Gasteiger charge is 2.08. The third-order valence-electron chi connectivity index (χ3n) is 1.87. The molecule has 0 saturated carbocycles. The van der Waals surface area contributed by atoms with Crippen molar-refractivity contribution in [1.82, 2.24) is 4.98 Å². The van der Waals surface area contributed by atoms with E-state index in [1.807, 2.05) is 5.38 Å². The van der Waals surface area contributed by atoms with E-state index in [1.165, 1.54) is 23.5 Å². The van der Waals surface area contributed by atoms with Crippen LogP contribution < -0.4 is 4.74 Å². The molecule has 0 aliphatic carbocycles. The number of methoxy groups -OCH3 is 1. The van der Waals surface area contributed by atoms with E-state index in [1.54, 1.807) is 18.7 Å². The molecular formula is C10H9BrFNOS. The summed E-state index contributed by atoms with van der Waals surface area (Å²) >= 11 is 1.47. The van der Waals surface area contributed by atoms with Crippen molar-refractivity contribution in [2.24, 2.45) is 0 Å². The molecule has 5 heteroatoms. The minimum atomic E-state index is -0.284. The first-order chi connectivity index (χ1) is 6.81. The first kappa shape index (κ1) is 12.1. The summed E-state index contributed by atoms with van der Waals surface area (Å²) in [6.07, 6.45) is 0. The molecule has 0 bridgehead atoms. The van der Waals surface area contributed by atoms with Crippen LogP contribution in [0.1, 0.15) is 0 Å². The van der Waals surface area contributed by atoms with Gasteiger partial charge in [-0.3, -0.25) is 0 Å². The van der Waals surface area contributed by atoms with Crippen LogP contribution in [0.25, 0.3) is 11.3 Å². The molecule has 0 aliphatic rings. The number of aromatic nitrogens is 1. The summed E-state index contributed by atoms with van der Waals surface area (Å²) in [4.78, 5) is 4.11. The SMILES string of the molecule is Br.COc1ccc(F)cc1-c1cscn1. The van der Waals surface area contributed by atoms with E-state index in [9.17, 15) is 4.39 Å². The number of benzene rings is 1. The number of hydrogen-bond acceptors (Lipinski definition) is 3. The summed E-state index contributed by atoms with van der Waals surface area (Å²) in [6, 6.07) is 4.40. The van der Waals surface area contributed by atoms with Crippen LogP contribution in [0.2, 0.25) is 0 Å². The van der Waals surface area contributed by atoms with Gasteiger partial charge in [0.15, 0.2) is 0 Å². The summed E-state index contributed by atoms with van der Waals surface area (Å²) in [5, 5.41) is 1.86. The van der Waals surface area contributed by atoms with Crippen molar-refractivity contribution >= 4 is 28.3 Å². The Kier molecular flexibility index (Phi) is 4.23. The maximum atomic E-state index is 13.0. The lowest BCUT2D eigenvalue weighted by molar-refractivity contribution is 0.415. The monoisotopic (exact) mass is 289 g/mol. The van der Waals surface area contributed by atoms with Gasteiger partial charge in [-0.1, -0.05) is 0 Å². The molecule has 0 saturated heterocycles. The summed E-state index contributed by atoms with van der Waals surface area (Å²) in [5.74, 6) is 0.353. The molecule has 0 fully saturated rings. The van der Waals surface area contributed by atoms with E-state index >= 15 is 0 Å². The standard InChI is InChI=1S/C10H8FNOS.BrH/c1-13-10-3-2-7(11)4-8(10)9-5-14-6-12-9;/h2-6H,1H3;1H. The zero-order valence-electron chi connectivity index (χ0n) is 7.94. The highest BCUT2D eigenvalue weighted by molar-refractivity contribution is 8.93. The van der Waals surface area contributed by atoms with Gasteiger partial charge in [-0.2, -0.15) is 0 Å². The molecule has 0 spiro atoms. The summed E-state index contributed by atoms with van der Waals surface area (Å²) in [5.41, 5.74) is 3.14. The Morgan fingerprint density at radius 3 is 2.80 bits per heavy atom. The Morgan fingerprint density at radius 1 is 1.40 bits per heavy atom. The second-order valence-electron chi connectivity index (χ2n) is 2.72. The van der Waals surface area contributed by atoms with Gasteiger partial charge in [0.25, 0.3) is 0 Å². The molecule has 0 unspecified atom stereocenters. The lowest BCUT2D eigenvalue weighted by atomic mass is 10.1. The molecule has 2 aromatic rings. The number of thiazole rings is 1. The molecular weight excluding hydrogens is 281 g/mol. The zero-order chi connectivity index (χ0) is 9.97. The van der Waals surface area contributed by atoms with Crippen molar-refractivity contribution in [3.8, 4) is 17.0 Å². The predicted octanol–water partition coefficient (Wildman–Crippen LogP) is 3.54. The molecule has 0 aliphatic heterocycles. The quantitative estimate of drug-likeness (QED) is 0.844. The van der Waals surface area contributed by atoms with E-state index in [0.717, 1.165) is 5.69 Å². The Hall–Kier alpha value is -0.940. The minimum Gasteiger partial charge on any atom is -0.496 e. The molecule has 15 heavy (non-hydrogen) atoms. The van der Waals surface area contributed by atoms with Crippen LogP contribution in [0.3, 0.4) is 0 Å². The molecule has 1 aromatic carbocycles. The van der Waals surface area contributed by atoms with Gasteiger partial charge < -0.3 is 4.74 Å². The van der Waals surface area contributed by atoms with Gasteiger partial charge in [0.2, 0.25) is 0 Å². The Morgan fingerprint density at radius 2 is 2.20 bits per heavy atom. The molecule has 80 valence electrons. The van der Waals surface area contributed by atoms with E-state index in [-0.39, 0.29) is 22.8 Å². The number of hydrogen-bond donors (Lipinski definition) is 0. The molecule has 2 rings (SSSR count). The smallest absolute Gasteiger partial charge is 0.128 e. The average molecular weight is 290 g/mol. The number of rotatable bonds is 2. The zero-order valence-corrected chi connectivity index (χ0v) is 10.5. The highest BCUT2D eigenvalue weighted by Crippen LogP contribution is 2.29. The predicted molar refractivity (Wildman–Crippen MR) is 64.4 cm³/mol. The third-order valence-corrected chi connectivity index (χ3v) is 2.46. The molecule has 2 nitrogen and oxygen atoms in total. The highest BCUT2D eigenvalue weighted by atomic mass is 79.9. The van der Waals surface area contributed by atoms with Gasteiger partial charge >= 0.3 is 0 Å². The second-order valence-corrected chi connectivity index (χ2v) is 3.44. The van der Waals surface area contributed by atoms with E-state index in [0.29, 0.717) is 11.3 Å². The molecule has 0 amide bonds. The van der Waals surface area contributed by atoms with Crippen molar-refractivity contribution in [2.75, 3.05) is 7.11 Å². The van der Waals surface area contributed by atoms with Crippen LogP contribution in [-0.2, 0) is 0 Å². The summed E-state index contributed by atoms with van der Waals surface area (Å²) in [6.45, 7) is 0. The summed E-state index contributed by atoms with van der Waals surface area (Å²) in [7, 11) is 1.56. The van der Waals surface area contributed by atoms with Crippen LogP contribution >= 0.6 is 28.3 Å². The van der Waals surface area contributed by atoms with Crippen molar-refractivity contribution < 1.29 is 9.13 Å². The van der Waals surface area contributed by atoms with Crippen molar-refractivity contribution in [1.29, 1.82) is 0 Å². The Labute approximate surface area is 102 Å². The summed E-state index contributed by atoms with van der Waals surface area (Å²) < 4.78 is 18.1. The van der Waals surface area contributed by atoms with Crippen molar-refractivity contribution in [3.05, 3.63) is 34.9 Å². The lowest BCUT2D eigenvalue weighted by Crippen LogP contribution is -1.88. The van der Waals surface area contributed by atoms with Gasteiger partial charge in [-0.25, -0.2) is 9.37 Å². The van der Waals surface area contributed by atoms with E-state index in [4.69, 9.17) is 4.74 Å². The Bertz CT molecular complexity index is 433. The largest absolute Gasteiger partial charge is 0.496 e. The first-order valence-corrected chi connectivity index (χ1v) is 4.97. The van der Waals surface area contributed by atoms with Gasteiger partial charge in [0, 0.05) is 10.9 Å². The van der Waals surface area contributed by atoms with Crippen LogP contribution in [0.15, 0.2) is 29.1 Å². The molecule has 0 N–H and O–H groups in total.